The second-order valence-electron chi connectivity index (χ2n) is 2.77. The molecule has 14 heavy (non-hydrogen) atoms. The van der Waals surface area contributed by atoms with Gasteiger partial charge in [-0.25, -0.2) is 9.67 Å². The van der Waals surface area contributed by atoms with Crippen LogP contribution in [0, 0.1) is 0 Å². The van der Waals surface area contributed by atoms with E-state index >= 15 is 0 Å². The highest BCUT2D eigenvalue weighted by atomic mass is 79.9. The van der Waals surface area contributed by atoms with Crippen molar-refractivity contribution in [3.63, 3.8) is 0 Å². The molecule has 6 heteroatoms. The van der Waals surface area contributed by atoms with E-state index in [1.54, 1.807) is 22.3 Å². The second-order valence-corrected chi connectivity index (χ2v) is 5.32. The fourth-order valence-electron chi connectivity index (χ4n) is 1.10. The molecule has 0 aliphatic heterocycles. The van der Waals surface area contributed by atoms with Crippen molar-refractivity contribution in [2.75, 3.05) is 0 Å². The minimum absolute atomic E-state index is 0.390. The van der Waals surface area contributed by atoms with Crippen LogP contribution in [0.2, 0.25) is 0 Å². The van der Waals surface area contributed by atoms with E-state index in [9.17, 15) is 0 Å². The minimum Gasteiger partial charge on any atom is -0.324 e. The monoisotopic (exact) mass is 272 g/mol. The molecule has 0 saturated carbocycles. The van der Waals surface area contributed by atoms with Gasteiger partial charge in [-0.3, -0.25) is 0 Å². The molecule has 0 aliphatic carbocycles. The summed E-state index contributed by atoms with van der Waals surface area (Å²) in [5.74, 6) is 0.681. The van der Waals surface area contributed by atoms with Crippen molar-refractivity contribution in [1.29, 1.82) is 0 Å². The lowest BCUT2D eigenvalue weighted by molar-refractivity contribution is 0.679. The van der Waals surface area contributed by atoms with E-state index in [2.05, 4.69) is 32.1 Å². The van der Waals surface area contributed by atoms with Crippen LogP contribution in [0.1, 0.15) is 10.7 Å². The van der Waals surface area contributed by atoms with Gasteiger partial charge in [0.2, 0.25) is 0 Å². The van der Waals surface area contributed by atoms with Crippen molar-refractivity contribution in [2.45, 2.75) is 13.1 Å². The zero-order valence-electron chi connectivity index (χ0n) is 7.35. The highest BCUT2D eigenvalue weighted by molar-refractivity contribution is 9.11. The van der Waals surface area contributed by atoms with Crippen LogP contribution >= 0.6 is 27.3 Å². The molecule has 0 radical (unpaired) electrons. The van der Waals surface area contributed by atoms with Crippen molar-refractivity contribution < 1.29 is 0 Å². The Bertz CT molecular complexity index is 422. The Labute approximate surface area is 93.9 Å². The van der Waals surface area contributed by atoms with E-state index in [1.165, 1.54) is 4.88 Å². The standard InChI is InChI=1S/C8H9BrN4S/c9-7-2-1-6(14-7)4-13-5-11-8(3-10)12-13/h1-2,5H,3-4,10H2. The van der Waals surface area contributed by atoms with Crippen LogP contribution in [-0.2, 0) is 13.1 Å². The van der Waals surface area contributed by atoms with Gasteiger partial charge in [-0.15, -0.1) is 11.3 Å². The van der Waals surface area contributed by atoms with Gasteiger partial charge >= 0.3 is 0 Å². The highest BCUT2D eigenvalue weighted by Crippen LogP contribution is 2.22. The molecule has 2 aromatic heterocycles. The summed E-state index contributed by atoms with van der Waals surface area (Å²) in [5.41, 5.74) is 5.42. The lowest BCUT2D eigenvalue weighted by Gasteiger charge is -1.95. The van der Waals surface area contributed by atoms with E-state index < -0.39 is 0 Å². The van der Waals surface area contributed by atoms with Gasteiger partial charge in [0.05, 0.1) is 16.9 Å². The molecule has 0 aliphatic rings. The molecule has 0 saturated heterocycles. The van der Waals surface area contributed by atoms with Crippen molar-refractivity contribution >= 4 is 27.3 Å². The first-order valence-corrected chi connectivity index (χ1v) is 5.71. The third-order valence-electron chi connectivity index (χ3n) is 1.71. The van der Waals surface area contributed by atoms with Crippen LogP contribution in [0.15, 0.2) is 22.2 Å². The molecule has 74 valence electrons. The molecule has 0 spiro atoms. The molecular weight excluding hydrogens is 264 g/mol. The summed E-state index contributed by atoms with van der Waals surface area (Å²) in [6.45, 7) is 1.14. The quantitative estimate of drug-likeness (QED) is 0.924. The molecule has 2 aromatic rings. The Morgan fingerprint density at radius 3 is 2.93 bits per heavy atom. The Kier molecular flexibility index (Phi) is 2.95. The summed E-state index contributed by atoms with van der Waals surface area (Å²) >= 11 is 5.11. The van der Waals surface area contributed by atoms with Crippen molar-refractivity contribution in [1.82, 2.24) is 14.8 Å². The van der Waals surface area contributed by atoms with E-state index in [0.29, 0.717) is 12.4 Å². The maximum atomic E-state index is 5.42. The number of hydrogen-bond donors (Lipinski definition) is 1. The van der Waals surface area contributed by atoms with Crippen molar-refractivity contribution in [3.8, 4) is 0 Å². The first kappa shape index (κ1) is 9.82. The van der Waals surface area contributed by atoms with E-state index in [0.717, 1.165) is 10.3 Å². The highest BCUT2D eigenvalue weighted by Gasteiger charge is 2.01. The molecule has 4 nitrogen and oxygen atoms in total. The molecular formula is C8H9BrN4S. The van der Waals surface area contributed by atoms with Gasteiger partial charge in [0.25, 0.3) is 0 Å². The van der Waals surface area contributed by atoms with E-state index in [-0.39, 0.29) is 0 Å². The molecule has 2 N–H and O–H groups in total. The summed E-state index contributed by atoms with van der Waals surface area (Å²) < 4.78 is 2.92. The second kappa shape index (κ2) is 4.20. The zero-order chi connectivity index (χ0) is 9.97. The van der Waals surface area contributed by atoms with Gasteiger partial charge in [-0.2, -0.15) is 5.10 Å². The average Bonchev–Trinajstić information content (AvgIpc) is 2.76. The van der Waals surface area contributed by atoms with Gasteiger partial charge in [0, 0.05) is 4.88 Å². The van der Waals surface area contributed by atoms with Gasteiger partial charge < -0.3 is 5.73 Å². The van der Waals surface area contributed by atoms with Crippen LogP contribution < -0.4 is 5.73 Å². The Hall–Kier alpha value is -0.720. The number of hydrogen-bond acceptors (Lipinski definition) is 4. The summed E-state index contributed by atoms with van der Waals surface area (Å²) in [6, 6.07) is 4.10. The van der Waals surface area contributed by atoms with E-state index in [4.69, 9.17) is 5.73 Å². The molecule has 0 amide bonds. The largest absolute Gasteiger partial charge is 0.324 e. The van der Waals surface area contributed by atoms with E-state index in [1.807, 2.05) is 6.07 Å². The molecule has 0 atom stereocenters. The molecule has 0 aromatic carbocycles. The minimum atomic E-state index is 0.390. The van der Waals surface area contributed by atoms with Crippen molar-refractivity contribution in [2.24, 2.45) is 5.73 Å². The number of rotatable bonds is 3. The number of halogens is 1. The summed E-state index contributed by atoms with van der Waals surface area (Å²) in [4.78, 5) is 5.30. The van der Waals surface area contributed by atoms with Crippen LogP contribution in [0.5, 0.6) is 0 Å². The summed E-state index contributed by atoms with van der Waals surface area (Å²) in [5, 5.41) is 4.21. The molecule has 0 bridgehead atoms. The van der Waals surface area contributed by atoms with Crippen LogP contribution in [0.25, 0.3) is 0 Å². The smallest absolute Gasteiger partial charge is 0.164 e. The third kappa shape index (κ3) is 2.20. The first-order valence-electron chi connectivity index (χ1n) is 4.10. The molecule has 0 fully saturated rings. The Morgan fingerprint density at radius 1 is 1.50 bits per heavy atom. The predicted molar refractivity (Wildman–Crippen MR) is 59.0 cm³/mol. The molecule has 0 unspecified atom stereocenters. The van der Waals surface area contributed by atoms with Gasteiger partial charge in [-0.05, 0) is 28.1 Å². The van der Waals surface area contributed by atoms with Crippen molar-refractivity contribution in [3.05, 3.63) is 32.9 Å². The van der Waals surface area contributed by atoms with Crippen LogP contribution in [0.4, 0.5) is 0 Å². The SMILES string of the molecule is NCc1ncn(Cc2ccc(Br)s2)n1. The lowest BCUT2D eigenvalue weighted by atomic mass is 10.5. The number of thiophene rings is 1. The van der Waals surface area contributed by atoms with Gasteiger partial charge in [0.15, 0.2) is 5.82 Å². The van der Waals surface area contributed by atoms with Crippen LogP contribution in [0.3, 0.4) is 0 Å². The lowest BCUT2D eigenvalue weighted by Crippen LogP contribution is -2.02. The normalized spacial score (nSPS) is 10.7. The number of aromatic nitrogens is 3. The summed E-state index contributed by atoms with van der Waals surface area (Å²) in [7, 11) is 0. The zero-order valence-corrected chi connectivity index (χ0v) is 9.75. The topological polar surface area (TPSA) is 56.7 Å². The Morgan fingerprint density at radius 2 is 2.36 bits per heavy atom. The van der Waals surface area contributed by atoms with Gasteiger partial charge in [-0.1, -0.05) is 0 Å². The maximum Gasteiger partial charge on any atom is 0.164 e. The predicted octanol–water partition coefficient (Wildman–Crippen LogP) is 1.61. The average molecular weight is 273 g/mol. The number of nitrogens with two attached hydrogens (primary N) is 1. The van der Waals surface area contributed by atoms with Crippen LogP contribution in [-0.4, -0.2) is 14.8 Å². The summed E-state index contributed by atoms with van der Waals surface area (Å²) in [6.07, 6.45) is 1.70. The third-order valence-corrected chi connectivity index (χ3v) is 3.32. The molecule has 2 heterocycles. The number of nitrogens with zero attached hydrogens (tertiary/aromatic N) is 3. The maximum absolute atomic E-state index is 5.42. The molecule has 2 rings (SSSR count). The Balaban J connectivity index is 2.10. The van der Waals surface area contributed by atoms with Gasteiger partial charge in [0.1, 0.15) is 6.33 Å². The fraction of sp³-hybridized carbons (Fsp3) is 0.250. The fourth-order valence-corrected chi connectivity index (χ4v) is 2.57. The first-order chi connectivity index (χ1) is 6.78.